The van der Waals surface area contributed by atoms with Crippen molar-refractivity contribution in [2.75, 3.05) is 6.54 Å². The molecule has 0 radical (unpaired) electrons. The van der Waals surface area contributed by atoms with Crippen LogP contribution in [0.3, 0.4) is 0 Å². The molecule has 0 atom stereocenters. The molecule has 17 heavy (non-hydrogen) atoms. The summed E-state index contributed by atoms with van der Waals surface area (Å²) in [6.07, 6.45) is 7.71. The van der Waals surface area contributed by atoms with Crippen molar-refractivity contribution in [1.82, 2.24) is 10.3 Å². The molecule has 0 spiro atoms. The second-order valence-electron chi connectivity index (χ2n) is 5.18. The number of rotatable bonds is 4. The fourth-order valence-corrected chi connectivity index (χ4v) is 2.85. The van der Waals surface area contributed by atoms with Crippen LogP contribution < -0.4 is 5.32 Å². The molecule has 2 aromatic rings. The van der Waals surface area contributed by atoms with Crippen molar-refractivity contribution in [3.63, 3.8) is 0 Å². The summed E-state index contributed by atoms with van der Waals surface area (Å²) in [5.74, 6) is 0.922. The Labute approximate surface area is 102 Å². The van der Waals surface area contributed by atoms with Crippen LogP contribution in [0.25, 0.3) is 10.9 Å². The van der Waals surface area contributed by atoms with E-state index in [0.29, 0.717) is 0 Å². The van der Waals surface area contributed by atoms with Gasteiger partial charge in [0.1, 0.15) is 0 Å². The van der Waals surface area contributed by atoms with E-state index in [4.69, 9.17) is 0 Å². The van der Waals surface area contributed by atoms with Gasteiger partial charge in [0.05, 0.1) is 0 Å². The molecule has 1 saturated carbocycles. The van der Waals surface area contributed by atoms with E-state index in [2.05, 4.69) is 34.6 Å². The fraction of sp³-hybridized carbons (Fsp3) is 0.467. The maximum Gasteiger partial charge on any atom is 0.0454 e. The first kappa shape index (κ1) is 10.8. The highest BCUT2D eigenvalue weighted by atomic mass is 14.9. The average molecular weight is 228 g/mol. The molecule has 1 fully saturated rings. The highest BCUT2D eigenvalue weighted by molar-refractivity contribution is 5.79. The van der Waals surface area contributed by atoms with Crippen LogP contribution in [-0.4, -0.2) is 11.5 Å². The molecule has 0 aliphatic heterocycles. The summed E-state index contributed by atoms with van der Waals surface area (Å²) in [5, 5.41) is 4.90. The first-order valence-electron chi connectivity index (χ1n) is 6.68. The number of aromatic nitrogens is 1. The van der Waals surface area contributed by atoms with Crippen molar-refractivity contribution >= 4 is 10.9 Å². The number of hydrogen-bond acceptors (Lipinski definition) is 1. The summed E-state index contributed by atoms with van der Waals surface area (Å²) in [7, 11) is 0. The van der Waals surface area contributed by atoms with Crippen molar-refractivity contribution in [2.24, 2.45) is 5.92 Å². The van der Waals surface area contributed by atoms with E-state index in [-0.39, 0.29) is 0 Å². The first-order chi connectivity index (χ1) is 8.42. The minimum absolute atomic E-state index is 0.922. The largest absolute Gasteiger partial charge is 0.361 e. The van der Waals surface area contributed by atoms with Crippen molar-refractivity contribution in [1.29, 1.82) is 0 Å². The molecule has 3 rings (SSSR count). The quantitative estimate of drug-likeness (QED) is 0.824. The van der Waals surface area contributed by atoms with Crippen LogP contribution >= 0.6 is 0 Å². The lowest BCUT2D eigenvalue weighted by atomic mass is 10.1. The molecule has 2 nitrogen and oxygen atoms in total. The minimum atomic E-state index is 0.922. The maximum absolute atomic E-state index is 3.59. The van der Waals surface area contributed by atoms with Crippen LogP contribution in [0.5, 0.6) is 0 Å². The van der Waals surface area contributed by atoms with Gasteiger partial charge in [-0.25, -0.2) is 0 Å². The molecule has 2 heteroatoms. The van der Waals surface area contributed by atoms with Gasteiger partial charge in [-0.3, -0.25) is 0 Å². The molecule has 0 unspecified atom stereocenters. The van der Waals surface area contributed by atoms with E-state index in [1.54, 1.807) is 0 Å². The number of nitrogens with one attached hydrogen (secondary N) is 2. The third-order valence-electron chi connectivity index (χ3n) is 3.85. The number of H-pyrrole nitrogens is 1. The van der Waals surface area contributed by atoms with E-state index in [0.717, 1.165) is 12.5 Å². The summed E-state index contributed by atoms with van der Waals surface area (Å²) in [4.78, 5) is 3.23. The predicted molar refractivity (Wildman–Crippen MR) is 72.0 cm³/mol. The summed E-state index contributed by atoms with van der Waals surface area (Å²) >= 11 is 0. The van der Waals surface area contributed by atoms with E-state index >= 15 is 0 Å². The molecular formula is C15H20N2. The van der Waals surface area contributed by atoms with Gasteiger partial charge in [-0.05, 0) is 54.5 Å². The molecule has 2 N–H and O–H groups in total. The topological polar surface area (TPSA) is 27.8 Å². The zero-order valence-corrected chi connectivity index (χ0v) is 10.2. The van der Waals surface area contributed by atoms with Gasteiger partial charge in [0.25, 0.3) is 0 Å². The lowest BCUT2D eigenvalue weighted by Crippen LogP contribution is -2.20. The predicted octanol–water partition coefficient (Wildman–Crippen LogP) is 3.45. The third kappa shape index (κ3) is 2.52. The molecule has 1 aromatic carbocycles. The number of aromatic amines is 1. The van der Waals surface area contributed by atoms with Crippen LogP contribution in [0.2, 0.25) is 0 Å². The Morgan fingerprint density at radius 2 is 2.06 bits per heavy atom. The molecule has 0 saturated heterocycles. The summed E-state index contributed by atoms with van der Waals surface area (Å²) in [6.45, 7) is 2.18. The molecule has 1 aliphatic carbocycles. The molecule has 1 aromatic heterocycles. The van der Waals surface area contributed by atoms with E-state index in [1.165, 1.54) is 48.7 Å². The summed E-state index contributed by atoms with van der Waals surface area (Å²) in [6, 6.07) is 8.78. The lowest BCUT2D eigenvalue weighted by Gasteiger charge is -2.10. The van der Waals surface area contributed by atoms with Crippen molar-refractivity contribution in [3.8, 4) is 0 Å². The number of fused-ring (bicyclic) bond motifs is 1. The molecule has 0 amide bonds. The maximum atomic E-state index is 3.59. The number of hydrogen-bond donors (Lipinski definition) is 2. The minimum Gasteiger partial charge on any atom is -0.361 e. The van der Waals surface area contributed by atoms with E-state index in [9.17, 15) is 0 Å². The second kappa shape index (κ2) is 4.92. The monoisotopic (exact) mass is 228 g/mol. The molecular weight excluding hydrogens is 208 g/mol. The Morgan fingerprint density at radius 3 is 2.94 bits per heavy atom. The number of benzene rings is 1. The Kier molecular flexibility index (Phi) is 3.14. The van der Waals surface area contributed by atoms with Crippen LogP contribution in [0, 0.1) is 5.92 Å². The second-order valence-corrected chi connectivity index (χ2v) is 5.18. The van der Waals surface area contributed by atoms with Crippen molar-refractivity contribution < 1.29 is 0 Å². The van der Waals surface area contributed by atoms with Gasteiger partial charge in [0, 0.05) is 18.3 Å². The van der Waals surface area contributed by atoms with Gasteiger partial charge >= 0.3 is 0 Å². The van der Waals surface area contributed by atoms with Gasteiger partial charge in [-0.15, -0.1) is 0 Å². The van der Waals surface area contributed by atoms with Crippen molar-refractivity contribution in [3.05, 3.63) is 36.0 Å². The Balaban J connectivity index is 1.56. The van der Waals surface area contributed by atoms with Crippen LogP contribution in [0.4, 0.5) is 0 Å². The fourth-order valence-electron chi connectivity index (χ4n) is 2.85. The molecule has 1 aliphatic rings. The Hall–Kier alpha value is -1.28. The standard InChI is InChI=1S/C15H20N2/c1-2-4-12(3-1)10-16-11-13-5-6-15-14(9-13)7-8-17-15/h5-9,12,16-17H,1-4,10-11H2. The average Bonchev–Trinajstić information content (AvgIpc) is 2.98. The van der Waals surface area contributed by atoms with E-state index < -0.39 is 0 Å². The van der Waals surface area contributed by atoms with Gasteiger partial charge in [0.2, 0.25) is 0 Å². The Bertz CT molecular complexity index is 480. The molecule has 0 bridgehead atoms. The molecule has 90 valence electrons. The SMILES string of the molecule is c1cc2cc(CNCC3CCCC3)ccc2[nH]1. The molecule has 1 heterocycles. The van der Waals surface area contributed by atoms with Crippen LogP contribution in [0.15, 0.2) is 30.5 Å². The van der Waals surface area contributed by atoms with Crippen LogP contribution in [0.1, 0.15) is 31.2 Å². The normalized spacial score (nSPS) is 16.9. The zero-order chi connectivity index (χ0) is 11.5. The zero-order valence-electron chi connectivity index (χ0n) is 10.2. The first-order valence-corrected chi connectivity index (χ1v) is 6.68. The summed E-state index contributed by atoms with van der Waals surface area (Å²) < 4.78 is 0. The van der Waals surface area contributed by atoms with E-state index in [1.807, 2.05) is 6.20 Å². The third-order valence-corrected chi connectivity index (χ3v) is 3.85. The smallest absolute Gasteiger partial charge is 0.0454 e. The van der Waals surface area contributed by atoms with Crippen LogP contribution in [-0.2, 0) is 6.54 Å². The lowest BCUT2D eigenvalue weighted by molar-refractivity contribution is 0.489. The van der Waals surface area contributed by atoms with Gasteiger partial charge in [-0.1, -0.05) is 18.9 Å². The van der Waals surface area contributed by atoms with Gasteiger partial charge < -0.3 is 10.3 Å². The van der Waals surface area contributed by atoms with Gasteiger partial charge in [-0.2, -0.15) is 0 Å². The van der Waals surface area contributed by atoms with Crippen molar-refractivity contribution in [2.45, 2.75) is 32.2 Å². The highest BCUT2D eigenvalue weighted by Gasteiger charge is 2.13. The highest BCUT2D eigenvalue weighted by Crippen LogP contribution is 2.23. The van der Waals surface area contributed by atoms with Gasteiger partial charge in [0.15, 0.2) is 0 Å². The Morgan fingerprint density at radius 1 is 1.18 bits per heavy atom. The summed E-state index contributed by atoms with van der Waals surface area (Å²) in [5.41, 5.74) is 2.61.